The second-order valence-corrected chi connectivity index (χ2v) is 12.5. The first-order chi connectivity index (χ1) is 7.16. The fourth-order valence-electron chi connectivity index (χ4n) is 1.72. The van der Waals surface area contributed by atoms with Gasteiger partial charge in [0.1, 0.15) is 0 Å². The van der Waals surface area contributed by atoms with Crippen molar-refractivity contribution < 1.29 is 0 Å². The van der Waals surface area contributed by atoms with Crippen LogP contribution in [0.4, 0.5) is 0 Å². The van der Waals surface area contributed by atoms with Gasteiger partial charge in [-0.1, -0.05) is 41.5 Å². The molecule has 1 aliphatic rings. The summed E-state index contributed by atoms with van der Waals surface area (Å²) in [5, 5.41) is 0. The maximum Gasteiger partial charge on any atom is 0.0518 e. The first-order valence-electron chi connectivity index (χ1n) is 6.17. The normalized spacial score (nSPS) is 28.1. The fraction of sp³-hybridized carbons (Fsp3) is 1.00. The molecule has 2 atom stereocenters. The lowest BCUT2D eigenvalue weighted by Crippen LogP contribution is -2.22. The molecule has 1 heterocycles. The van der Waals surface area contributed by atoms with Crippen LogP contribution in [0, 0.1) is 0 Å². The molecule has 0 radical (unpaired) electrons. The molecule has 0 amide bonds. The predicted molar refractivity (Wildman–Crippen MR) is 83.7 cm³/mol. The molecule has 1 saturated heterocycles. The summed E-state index contributed by atoms with van der Waals surface area (Å²) >= 11 is 6.53. The second kappa shape index (κ2) is 5.79. The monoisotopic (exact) mass is 278 g/mol. The zero-order valence-electron chi connectivity index (χ0n) is 11.5. The van der Waals surface area contributed by atoms with E-state index in [0.717, 1.165) is 9.16 Å². The minimum Gasteiger partial charge on any atom is -0.142 e. The van der Waals surface area contributed by atoms with Crippen molar-refractivity contribution in [3.05, 3.63) is 0 Å². The van der Waals surface area contributed by atoms with E-state index in [1.54, 1.807) is 0 Å². The summed E-state index contributed by atoms with van der Waals surface area (Å²) in [5.74, 6) is 0. The third-order valence-electron chi connectivity index (χ3n) is 2.15. The summed E-state index contributed by atoms with van der Waals surface area (Å²) in [6, 6.07) is 0. The standard InChI is InChI=1S/C13H26S3/c1-12(2,3)15-10-8-7-9-11(14-10)16-13(4,5)6/h10-11H,7-9H2,1-6H3/t10-,11+. The zero-order chi connectivity index (χ0) is 12.4. The molecule has 0 aromatic heterocycles. The van der Waals surface area contributed by atoms with E-state index in [1.165, 1.54) is 19.3 Å². The molecule has 0 bridgehead atoms. The SMILES string of the molecule is CC(C)(C)S[C@@H]1CCC[C@H](SC(C)(C)C)S1. The Bertz CT molecular complexity index is 190. The van der Waals surface area contributed by atoms with Crippen LogP contribution < -0.4 is 0 Å². The summed E-state index contributed by atoms with van der Waals surface area (Å²) in [6.45, 7) is 14.0. The van der Waals surface area contributed by atoms with Crippen molar-refractivity contribution in [1.29, 1.82) is 0 Å². The average Bonchev–Trinajstić information content (AvgIpc) is 1.96. The van der Waals surface area contributed by atoms with Crippen LogP contribution in [0.1, 0.15) is 60.8 Å². The molecule has 0 saturated carbocycles. The molecule has 0 unspecified atom stereocenters. The van der Waals surface area contributed by atoms with E-state index in [4.69, 9.17) is 0 Å². The van der Waals surface area contributed by atoms with Gasteiger partial charge in [0.2, 0.25) is 0 Å². The van der Waals surface area contributed by atoms with E-state index >= 15 is 0 Å². The molecule has 0 aromatic rings. The highest BCUT2D eigenvalue weighted by Gasteiger charge is 2.29. The summed E-state index contributed by atoms with van der Waals surface area (Å²) in [6.07, 6.45) is 4.20. The molecule has 0 aliphatic carbocycles. The lowest BCUT2D eigenvalue weighted by atomic mass is 10.2. The molecule has 0 aromatic carbocycles. The highest BCUT2D eigenvalue weighted by molar-refractivity contribution is 8.24. The molecular formula is C13H26S3. The van der Waals surface area contributed by atoms with E-state index in [0.29, 0.717) is 9.49 Å². The summed E-state index contributed by atoms with van der Waals surface area (Å²) in [7, 11) is 0. The third kappa shape index (κ3) is 6.70. The Kier molecular flexibility index (Phi) is 5.47. The maximum atomic E-state index is 2.33. The van der Waals surface area contributed by atoms with Crippen LogP contribution in [0.25, 0.3) is 0 Å². The molecule has 0 spiro atoms. The van der Waals surface area contributed by atoms with E-state index in [9.17, 15) is 0 Å². The molecule has 96 valence electrons. The molecule has 0 nitrogen and oxygen atoms in total. The van der Waals surface area contributed by atoms with Crippen LogP contribution in [0.15, 0.2) is 0 Å². The fourth-order valence-corrected chi connectivity index (χ4v) is 8.00. The summed E-state index contributed by atoms with van der Waals surface area (Å²) < 4.78 is 2.44. The third-order valence-corrected chi connectivity index (χ3v) is 6.89. The Morgan fingerprint density at radius 2 is 1.19 bits per heavy atom. The average molecular weight is 279 g/mol. The highest BCUT2D eigenvalue weighted by Crippen LogP contribution is 2.48. The Morgan fingerprint density at radius 3 is 1.50 bits per heavy atom. The van der Waals surface area contributed by atoms with Gasteiger partial charge in [-0.2, -0.15) is 0 Å². The van der Waals surface area contributed by atoms with Crippen LogP contribution in [0.3, 0.4) is 0 Å². The maximum absolute atomic E-state index is 2.33. The first kappa shape index (κ1) is 15.1. The van der Waals surface area contributed by atoms with Gasteiger partial charge in [0.05, 0.1) is 9.16 Å². The molecular weight excluding hydrogens is 252 g/mol. The van der Waals surface area contributed by atoms with E-state index < -0.39 is 0 Å². The van der Waals surface area contributed by atoms with Gasteiger partial charge in [0.15, 0.2) is 0 Å². The van der Waals surface area contributed by atoms with Crippen LogP contribution in [-0.2, 0) is 0 Å². The lowest BCUT2D eigenvalue weighted by Gasteiger charge is -2.34. The van der Waals surface area contributed by atoms with Crippen molar-refractivity contribution in [2.24, 2.45) is 0 Å². The van der Waals surface area contributed by atoms with Crippen molar-refractivity contribution >= 4 is 35.3 Å². The molecule has 0 N–H and O–H groups in total. The van der Waals surface area contributed by atoms with Crippen molar-refractivity contribution in [3.8, 4) is 0 Å². The smallest absolute Gasteiger partial charge is 0.0518 e. The molecule has 1 aliphatic heterocycles. The van der Waals surface area contributed by atoms with Crippen LogP contribution in [0.5, 0.6) is 0 Å². The van der Waals surface area contributed by atoms with Crippen molar-refractivity contribution in [2.75, 3.05) is 0 Å². The Balaban J connectivity index is 2.41. The topological polar surface area (TPSA) is 0 Å². The number of hydrogen-bond donors (Lipinski definition) is 0. The predicted octanol–water partition coefficient (Wildman–Crippen LogP) is 5.62. The molecule has 1 rings (SSSR count). The number of thioether (sulfide) groups is 3. The second-order valence-electron chi connectivity index (χ2n) is 6.39. The van der Waals surface area contributed by atoms with Gasteiger partial charge in [-0.3, -0.25) is 0 Å². The Labute approximate surface area is 114 Å². The summed E-state index contributed by atoms with van der Waals surface area (Å²) in [4.78, 5) is 0. The van der Waals surface area contributed by atoms with Gasteiger partial charge in [-0.15, -0.1) is 35.3 Å². The van der Waals surface area contributed by atoms with Gasteiger partial charge in [-0.05, 0) is 19.3 Å². The summed E-state index contributed by atoms with van der Waals surface area (Å²) in [5.41, 5.74) is 0. The molecule has 16 heavy (non-hydrogen) atoms. The minimum absolute atomic E-state index is 0.409. The number of rotatable bonds is 2. The largest absolute Gasteiger partial charge is 0.142 e. The first-order valence-corrected chi connectivity index (χ1v) is 8.87. The number of hydrogen-bond acceptors (Lipinski definition) is 3. The molecule has 1 fully saturated rings. The van der Waals surface area contributed by atoms with Gasteiger partial charge in [0, 0.05) is 9.49 Å². The van der Waals surface area contributed by atoms with Crippen molar-refractivity contribution in [3.63, 3.8) is 0 Å². The Hall–Kier alpha value is 1.05. The quantitative estimate of drug-likeness (QED) is 0.643. The van der Waals surface area contributed by atoms with Gasteiger partial charge in [-0.25, -0.2) is 0 Å². The van der Waals surface area contributed by atoms with E-state index in [2.05, 4.69) is 76.8 Å². The van der Waals surface area contributed by atoms with E-state index in [1.807, 2.05) is 0 Å². The van der Waals surface area contributed by atoms with Crippen LogP contribution in [-0.4, -0.2) is 18.7 Å². The van der Waals surface area contributed by atoms with Crippen molar-refractivity contribution in [1.82, 2.24) is 0 Å². The minimum atomic E-state index is 0.409. The van der Waals surface area contributed by atoms with Gasteiger partial charge < -0.3 is 0 Å². The van der Waals surface area contributed by atoms with Gasteiger partial charge in [0.25, 0.3) is 0 Å². The van der Waals surface area contributed by atoms with Crippen LogP contribution in [0.2, 0.25) is 0 Å². The van der Waals surface area contributed by atoms with E-state index in [-0.39, 0.29) is 0 Å². The molecule has 3 heteroatoms. The Morgan fingerprint density at radius 1 is 0.812 bits per heavy atom. The van der Waals surface area contributed by atoms with Crippen molar-refractivity contribution in [2.45, 2.75) is 79.5 Å². The van der Waals surface area contributed by atoms with Crippen LogP contribution >= 0.6 is 35.3 Å². The lowest BCUT2D eigenvalue weighted by molar-refractivity contribution is 0.712. The van der Waals surface area contributed by atoms with Gasteiger partial charge >= 0.3 is 0 Å². The zero-order valence-corrected chi connectivity index (χ0v) is 14.0. The highest BCUT2D eigenvalue weighted by atomic mass is 32.2.